The van der Waals surface area contributed by atoms with Crippen molar-refractivity contribution in [1.29, 1.82) is 0 Å². The van der Waals surface area contributed by atoms with Crippen molar-refractivity contribution in [2.45, 2.75) is 37.7 Å². The summed E-state index contributed by atoms with van der Waals surface area (Å²) in [6.45, 7) is 5.01. The number of nitrogens with zero attached hydrogens (tertiary/aromatic N) is 2. The molecule has 2 saturated heterocycles. The van der Waals surface area contributed by atoms with Gasteiger partial charge in [0.05, 0.1) is 18.8 Å². The molecule has 0 bridgehead atoms. The van der Waals surface area contributed by atoms with E-state index in [1.807, 2.05) is 0 Å². The molecule has 1 spiro atoms. The smallest absolute Gasteiger partial charge is 0.191 e. The van der Waals surface area contributed by atoms with Crippen LogP contribution in [0.5, 0.6) is 0 Å². The van der Waals surface area contributed by atoms with Crippen molar-refractivity contribution in [3.8, 4) is 0 Å². The molecule has 1 saturated carbocycles. The Morgan fingerprint density at radius 1 is 1.26 bits per heavy atom. The molecule has 2 heterocycles. The van der Waals surface area contributed by atoms with E-state index in [0.29, 0.717) is 11.9 Å². The third-order valence-electron chi connectivity index (χ3n) is 4.71. The molecule has 1 unspecified atom stereocenters. The van der Waals surface area contributed by atoms with Crippen molar-refractivity contribution in [2.24, 2.45) is 16.6 Å². The number of hydrogen-bond acceptors (Lipinski definition) is 3. The van der Waals surface area contributed by atoms with E-state index in [4.69, 9.17) is 15.2 Å². The molecule has 3 fully saturated rings. The number of aliphatic imine (C=N–C) groups is 1. The summed E-state index contributed by atoms with van der Waals surface area (Å²) in [4.78, 5) is 6.73. The largest absolute Gasteiger partial charge is 0.378 e. The van der Waals surface area contributed by atoms with Crippen LogP contribution in [0.1, 0.15) is 32.1 Å². The molecular formula is C14H25N3O2. The van der Waals surface area contributed by atoms with Crippen LogP contribution in [0, 0.1) is 5.92 Å². The Kier molecular flexibility index (Phi) is 3.93. The van der Waals surface area contributed by atoms with Gasteiger partial charge in [-0.05, 0) is 38.0 Å². The third kappa shape index (κ3) is 3.03. The van der Waals surface area contributed by atoms with Crippen LogP contribution in [-0.2, 0) is 9.47 Å². The van der Waals surface area contributed by atoms with E-state index < -0.39 is 0 Å². The fraction of sp³-hybridized carbons (Fsp3) is 0.929. The maximum absolute atomic E-state index is 6.07. The van der Waals surface area contributed by atoms with Crippen LogP contribution in [0.4, 0.5) is 0 Å². The van der Waals surface area contributed by atoms with Crippen LogP contribution in [0.25, 0.3) is 0 Å². The lowest BCUT2D eigenvalue weighted by molar-refractivity contribution is -0.141. The van der Waals surface area contributed by atoms with Crippen LogP contribution in [0.3, 0.4) is 0 Å². The van der Waals surface area contributed by atoms with Gasteiger partial charge in [-0.25, -0.2) is 0 Å². The molecule has 19 heavy (non-hydrogen) atoms. The van der Waals surface area contributed by atoms with Crippen LogP contribution < -0.4 is 5.73 Å². The highest BCUT2D eigenvalue weighted by atomic mass is 16.5. The third-order valence-corrected chi connectivity index (χ3v) is 4.71. The van der Waals surface area contributed by atoms with Gasteiger partial charge in [0.25, 0.3) is 0 Å². The van der Waals surface area contributed by atoms with Crippen molar-refractivity contribution < 1.29 is 9.47 Å². The first-order valence-corrected chi connectivity index (χ1v) is 7.54. The predicted molar refractivity (Wildman–Crippen MR) is 74.1 cm³/mol. The minimum absolute atomic E-state index is 0.214. The predicted octanol–water partition coefficient (Wildman–Crippen LogP) is 0.983. The molecule has 2 N–H and O–H groups in total. The molecule has 3 aliphatic rings. The SMILES string of the molecule is NC(=NCC1CCOC2(CCC2)C1)N1CCOCC1. The van der Waals surface area contributed by atoms with E-state index in [9.17, 15) is 0 Å². The Morgan fingerprint density at radius 3 is 2.74 bits per heavy atom. The summed E-state index contributed by atoms with van der Waals surface area (Å²) in [7, 11) is 0. The summed E-state index contributed by atoms with van der Waals surface area (Å²) < 4.78 is 11.3. The molecule has 2 aliphatic heterocycles. The number of nitrogens with two attached hydrogens (primary N) is 1. The van der Waals surface area contributed by atoms with Gasteiger partial charge in [0.2, 0.25) is 0 Å². The minimum atomic E-state index is 0.214. The van der Waals surface area contributed by atoms with E-state index in [0.717, 1.165) is 45.9 Å². The average molecular weight is 267 g/mol. The fourth-order valence-electron chi connectivity index (χ4n) is 3.32. The van der Waals surface area contributed by atoms with E-state index in [1.54, 1.807) is 0 Å². The van der Waals surface area contributed by atoms with E-state index in [2.05, 4.69) is 9.89 Å². The second-order valence-electron chi connectivity index (χ2n) is 6.04. The molecule has 0 aromatic heterocycles. The van der Waals surface area contributed by atoms with Gasteiger partial charge in [0, 0.05) is 26.2 Å². The number of guanidine groups is 1. The molecule has 5 heteroatoms. The first kappa shape index (κ1) is 13.2. The highest BCUT2D eigenvalue weighted by Crippen LogP contribution is 2.44. The normalized spacial score (nSPS) is 31.3. The zero-order valence-corrected chi connectivity index (χ0v) is 11.6. The molecule has 0 amide bonds. The molecule has 1 atom stereocenters. The highest BCUT2D eigenvalue weighted by Gasteiger charge is 2.42. The van der Waals surface area contributed by atoms with Crippen molar-refractivity contribution in [3.05, 3.63) is 0 Å². The average Bonchev–Trinajstić information content (AvgIpc) is 2.44. The Labute approximate surface area is 115 Å². The number of rotatable bonds is 2. The Balaban J connectivity index is 1.50. The Bertz CT molecular complexity index is 336. The molecule has 0 radical (unpaired) electrons. The molecule has 0 aromatic carbocycles. The van der Waals surface area contributed by atoms with Gasteiger partial charge in [0.15, 0.2) is 5.96 Å². The molecular weight excluding hydrogens is 242 g/mol. The van der Waals surface area contributed by atoms with E-state index >= 15 is 0 Å². The number of morpholine rings is 1. The van der Waals surface area contributed by atoms with Gasteiger partial charge in [0.1, 0.15) is 0 Å². The maximum Gasteiger partial charge on any atom is 0.191 e. The summed E-state index contributed by atoms with van der Waals surface area (Å²) in [6.07, 6.45) is 6.11. The first-order chi connectivity index (χ1) is 9.27. The standard InChI is InChI=1S/C14H25N3O2/c15-13(17-5-8-18-9-6-17)16-11-12-2-7-19-14(10-12)3-1-4-14/h12H,1-11H2,(H2,15,16). The quantitative estimate of drug-likeness (QED) is 0.598. The summed E-state index contributed by atoms with van der Waals surface area (Å²) in [5.41, 5.74) is 6.28. The molecule has 108 valence electrons. The lowest BCUT2D eigenvalue weighted by Gasteiger charge is -2.47. The monoisotopic (exact) mass is 267 g/mol. The van der Waals surface area contributed by atoms with Crippen molar-refractivity contribution >= 4 is 5.96 Å². The Hall–Kier alpha value is -0.810. The van der Waals surface area contributed by atoms with Gasteiger partial charge in [-0.2, -0.15) is 0 Å². The van der Waals surface area contributed by atoms with Gasteiger partial charge < -0.3 is 20.1 Å². The second kappa shape index (κ2) is 5.67. The maximum atomic E-state index is 6.07. The second-order valence-corrected chi connectivity index (χ2v) is 6.04. The summed E-state index contributed by atoms with van der Waals surface area (Å²) in [6, 6.07) is 0. The minimum Gasteiger partial charge on any atom is -0.378 e. The number of ether oxygens (including phenoxy) is 2. The molecule has 1 aliphatic carbocycles. The topological polar surface area (TPSA) is 60.1 Å². The van der Waals surface area contributed by atoms with Crippen LogP contribution >= 0.6 is 0 Å². The first-order valence-electron chi connectivity index (χ1n) is 7.54. The van der Waals surface area contributed by atoms with Crippen LogP contribution in [0.2, 0.25) is 0 Å². The molecule has 5 nitrogen and oxygen atoms in total. The van der Waals surface area contributed by atoms with Gasteiger partial charge in [-0.3, -0.25) is 4.99 Å². The van der Waals surface area contributed by atoms with Crippen LogP contribution in [-0.4, -0.2) is 55.9 Å². The lowest BCUT2D eigenvalue weighted by atomic mass is 9.72. The molecule has 3 rings (SSSR count). The summed E-state index contributed by atoms with van der Waals surface area (Å²) >= 11 is 0. The van der Waals surface area contributed by atoms with E-state index in [-0.39, 0.29) is 5.60 Å². The lowest BCUT2D eigenvalue weighted by Crippen LogP contribution is -2.47. The van der Waals surface area contributed by atoms with Gasteiger partial charge in [-0.15, -0.1) is 0 Å². The van der Waals surface area contributed by atoms with Gasteiger partial charge >= 0.3 is 0 Å². The summed E-state index contributed by atoms with van der Waals surface area (Å²) in [5, 5.41) is 0. The fourth-order valence-corrected chi connectivity index (χ4v) is 3.32. The van der Waals surface area contributed by atoms with Crippen molar-refractivity contribution in [3.63, 3.8) is 0 Å². The van der Waals surface area contributed by atoms with E-state index in [1.165, 1.54) is 25.7 Å². The Morgan fingerprint density at radius 2 is 2.05 bits per heavy atom. The van der Waals surface area contributed by atoms with Gasteiger partial charge in [-0.1, -0.05) is 0 Å². The van der Waals surface area contributed by atoms with Crippen LogP contribution in [0.15, 0.2) is 4.99 Å². The summed E-state index contributed by atoms with van der Waals surface area (Å²) in [5.74, 6) is 1.34. The zero-order chi connectivity index (χ0) is 13.1. The van der Waals surface area contributed by atoms with Crippen molar-refractivity contribution in [2.75, 3.05) is 39.5 Å². The highest BCUT2D eigenvalue weighted by molar-refractivity contribution is 5.78. The van der Waals surface area contributed by atoms with Crippen molar-refractivity contribution in [1.82, 2.24) is 4.90 Å². The molecule has 0 aromatic rings. The number of hydrogen-bond donors (Lipinski definition) is 1. The zero-order valence-electron chi connectivity index (χ0n) is 11.6.